The number of hydrogen-bond donors (Lipinski definition) is 3. The highest BCUT2D eigenvalue weighted by Crippen LogP contribution is 2.17. The predicted octanol–water partition coefficient (Wildman–Crippen LogP) is 1.79. The number of carbonyl (C=O) groups excluding carboxylic acids is 1. The van der Waals surface area contributed by atoms with Crippen molar-refractivity contribution in [3.63, 3.8) is 0 Å². The lowest BCUT2D eigenvalue weighted by molar-refractivity contribution is -0.121. The monoisotopic (exact) mass is 282 g/mol. The second kappa shape index (κ2) is 8.12. The molecule has 0 unspecified atom stereocenters. The van der Waals surface area contributed by atoms with Crippen LogP contribution < -0.4 is 16.0 Å². The highest BCUT2D eigenvalue weighted by molar-refractivity contribution is 5.81. The first-order chi connectivity index (χ1) is 9.40. The van der Waals surface area contributed by atoms with Crippen LogP contribution in [0.2, 0.25) is 0 Å². The van der Waals surface area contributed by atoms with Gasteiger partial charge in [0.05, 0.1) is 0 Å². The van der Waals surface area contributed by atoms with Crippen molar-refractivity contribution < 1.29 is 4.79 Å². The summed E-state index contributed by atoms with van der Waals surface area (Å²) in [6.07, 6.45) is 6.54. The van der Waals surface area contributed by atoms with Gasteiger partial charge in [0.1, 0.15) is 0 Å². The molecule has 0 aromatic heterocycles. The number of rotatable bonds is 4. The van der Waals surface area contributed by atoms with E-state index < -0.39 is 0 Å². The highest BCUT2D eigenvalue weighted by atomic mass is 16.1. The van der Waals surface area contributed by atoms with Crippen molar-refractivity contribution in [1.82, 2.24) is 16.0 Å². The molecule has 0 aromatic carbocycles. The second-order valence-electron chi connectivity index (χ2n) is 6.53. The Labute approximate surface area is 123 Å². The van der Waals surface area contributed by atoms with E-state index in [-0.39, 0.29) is 11.4 Å². The van der Waals surface area contributed by atoms with Gasteiger partial charge in [-0.1, -0.05) is 19.3 Å². The Balaban J connectivity index is 2.20. The van der Waals surface area contributed by atoms with Gasteiger partial charge in [0.25, 0.3) is 0 Å². The molecular weight excluding hydrogens is 252 g/mol. The lowest BCUT2D eigenvalue weighted by Crippen LogP contribution is -2.48. The molecule has 0 atom stereocenters. The zero-order valence-corrected chi connectivity index (χ0v) is 13.4. The van der Waals surface area contributed by atoms with Crippen LogP contribution in [0.4, 0.5) is 0 Å². The smallest absolute Gasteiger partial charge is 0.221 e. The Morgan fingerprint density at radius 2 is 1.85 bits per heavy atom. The van der Waals surface area contributed by atoms with Crippen molar-refractivity contribution in [2.75, 3.05) is 13.6 Å². The Hall–Kier alpha value is -1.26. The summed E-state index contributed by atoms with van der Waals surface area (Å²) >= 11 is 0. The van der Waals surface area contributed by atoms with Crippen LogP contribution in [-0.4, -0.2) is 37.0 Å². The van der Waals surface area contributed by atoms with E-state index in [1.54, 1.807) is 7.05 Å². The van der Waals surface area contributed by atoms with Crippen LogP contribution in [0.25, 0.3) is 0 Å². The van der Waals surface area contributed by atoms with Crippen molar-refractivity contribution >= 4 is 11.9 Å². The van der Waals surface area contributed by atoms with Gasteiger partial charge in [-0.15, -0.1) is 0 Å². The lowest BCUT2D eigenvalue weighted by Gasteiger charge is -2.24. The predicted molar refractivity (Wildman–Crippen MR) is 83.9 cm³/mol. The summed E-state index contributed by atoms with van der Waals surface area (Å²) < 4.78 is 0. The molecular formula is C15H30N4O. The molecule has 5 nitrogen and oxygen atoms in total. The Kier molecular flexibility index (Phi) is 6.82. The van der Waals surface area contributed by atoms with Crippen LogP contribution in [0, 0.1) is 0 Å². The van der Waals surface area contributed by atoms with Gasteiger partial charge in [0, 0.05) is 31.6 Å². The molecule has 0 heterocycles. The first-order valence-corrected chi connectivity index (χ1v) is 7.69. The van der Waals surface area contributed by atoms with Gasteiger partial charge < -0.3 is 16.0 Å². The summed E-state index contributed by atoms with van der Waals surface area (Å²) in [7, 11) is 1.74. The van der Waals surface area contributed by atoms with E-state index in [9.17, 15) is 4.79 Å². The van der Waals surface area contributed by atoms with E-state index in [0.29, 0.717) is 19.0 Å². The van der Waals surface area contributed by atoms with Crippen LogP contribution in [0.1, 0.15) is 59.3 Å². The normalized spacial score (nSPS) is 17.7. The number of nitrogens with one attached hydrogen (secondary N) is 3. The molecule has 0 radical (unpaired) electrons. The SMILES string of the molecule is CN=C(NCCC(=O)NC1CCCCC1)NC(C)(C)C. The number of guanidine groups is 1. The van der Waals surface area contributed by atoms with Crippen LogP contribution in [0.15, 0.2) is 4.99 Å². The molecule has 1 saturated carbocycles. The van der Waals surface area contributed by atoms with Crippen LogP contribution >= 0.6 is 0 Å². The zero-order chi connectivity index (χ0) is 15.0. The number of carbonyl (C=O) groups is 1. The first kappa shape index (κ1) is 16.8. The van der Waals surface area contributed by atoms with E-state index in [1.165, 1.54) is 19.3 Å². The third-order valence-electron chi connectivity index (χ3n) is 3.33. The molecule has 20 heavy (non-hydrogen) atoms. The summed E-state index contributed by atoms with van der Waals surface area (Å²) in [5.74, 6) is 0.874. The Bertz CT molecular complexity index is 327. The van der Waals surface area contributed by atoms with E-state index in [1.807, 2.05) is 0 Å². The second-order valence-corrected chi connectivity index (χ2v) is 6.53. The minimum Gasteiger partial charge on any atom is -0.356 e. The van der Waals surface area contributed by atoms with Gasteiger partial charge in [-0.05, 0) is 33.6 Å². The average molecular weight is 282 g/mol. The summed E-state index contributed by atoms with van der Waals surface area (Å²) in [5, 5.41) is 9.56. The van der Waals surface area contributed by atoms with Crippen molar-refractivity contribution in [1.29, 1.82) is 0 Å². The molecule has 0 saturated heterocycles. The summed E-state index contributed by atoms with van der Waals surface area (Å²) in [5.41, 5.74) is -0.0355. The largest absolute Gasteiger partial charge is 0.356 e. The van der Waals surface area contributed by atoms with Gasteiger partial charge in [0.2, 0.25) is 5.91 Å². The minimum absolute atomic E-state index is 0.0355. The quantitative estimate of drug-likeness (QED) is 0.544. The molecule has 1 aliphatic carbocycles. The number of amides is 1. The maximum Gasteiger partial charge on any atom is 0.221 e. The topological polar surface area (TPSA) is 65.5 Å². The molecule has 0 aromatic rings. The van der Waals surface area contributed by atoms with Gasteiger partial charge in [0.15, 0.2) is 5.96 Å². The summed E-state index contributed by atoms with van der Waals surface area (Å²) in [6.45, 7) is 6.84. The third kappa shape index (κ3) is 7.36. The zero-order valence-electron chi connectivity index (χ0n) is 13.4. The van der Waals surface area contributed by atoms with Crippen molar-refractivity contribution in [3.8, 4) is 0 Å². The standard InChI is InChI=1S/C15H30N4O/c1-15(2,3)19-14(16-4)17-11-10-13(20)18-12-8-6-5-7-9-12/h12H,5-11H2,1-4H3,(H,18,20)(H2,16,17,19). The van der Waals surface area contributed by atoms with Crippen molar-refractivity contribution in [2.45, 2.75) is 70.9 Å². The minimum atomic E-state index is -0.0355. The molecule has 0 aliphatic heterocycles. The molecule has 1 fully saturated rings. The molecule has 3 N–H and O–H groups in total. The number of nitrogens with zero attached hydrogens (tertiary/aromatic N) is 1. The fourth-order valence-electron chi connectivity index (χ4n) is 2.38. The van der Waals surface area contributed by atoms with Crippen LogP contribution in [0.5, 0.6) is 0 Å². The number of hydrogen-bond acceptors (Lipinski definition) is 2. The fourth-order valence-corrected chi connectivity index (χ4v) is 2.38. The lowest BCUT2D eigenvalue weighted by atomic mass is 9.95. The number of aliphatic imine (C=N–C) groups is 1. The molecule has 1 rings (SSSR count). The van der Waals surface area contributed by atoms with Crippen LogP contribution in [-0.2, 0) is 4.79 Å². The maximum atomic E-state index is 11.9. The first-order valence-electron chi connectivity index (χ1n) is 7.69. The fraction of sp³-hybridized carbons (Fsp3) is 0.867. The van der Waals surface area contributed by atoms with Gasteiger partial charge in [-0.2, -0.15) is 0 Å². The Morgan fingerprint density at radius 3 is 2.40 bits per heavy atom. The maximum absolute atomic E-state index is 11.9. The summed E-state index contributed by atoms with van der Waals surface area (Å²) in [6, 6.07) is 0.392. The Morgan fingerprint density at radius 1 is 1.20 bits per heavy atom. The average Bonchev–Trinajstić information content (AvgIpc) is 2.37. The molecule has 1 amide bonds. The van der Waals surface area contributed by atoms with Gasteiger partial charge in [-0.25, -0.2) is 0 Å². The van der Waals surface area contributed by atoms with E-state index in [0.717, 1.165) is 18.8 Å². The van der Waals surface area contributed by atoms with Gasteiger partial charge in [-0.3, -0.25) is 9.79 Å². The molecule has 0 bridgehead atoms. The van der Waals surface area contributed by atoms with Crippen LogP contribution in [0.3, 0.4) is 0 Å². The third-order valence-corrected chi connectivity index (χ3v) is 3.33. The van der Waals surface area contributed by atoms with Crippen molar-refractivity contribution in [2.24, 2.45) is 4.99 Å². The van der Waals surface area contributed by atoms with E-state index in [2.05, 4.69) is 41.7 Å². The van der Waals surface area contributed by atoms with Gasteiger partial charge >= 0.3 is 0 Å². The molecule has 1 aliphatic rings. The van der Waals surface area contributed by atoms with E-state index >= 15 is 0 Å². The molecule has 0 spiro atoms. The summed E-state index contributed by atoms with van der Waals surface area (Å²) in [4.78, 5) is 16.0. The molecule has 5 heteroatoms. The molecule has 116 valence electrons. The van der Waals surface area contributed by atoms with E-state index in [4.69, 9.17) is 0 Å². The highest BCUT2D eigenvalue weighted by Gasteiger charge is 2.16. The van der Waals surface area contributed by atoms with Crippen molar-refractivity contribution in [3.05, 3.63) is 0 Å².